The fourth-order valence-corrected chi connectivity index (χ4v) is 3.64. The van der Waals surface area contributed by atoms with Gasteiger partial charge in [-0.05, 0) is 31.6 Å². The Balaban J connectivity index is 2.03. The first-order valence-electron chi connectivity index (χ1n) is 8.21. The smallest absolute Gasteiger partial charge is 0.0702 e. The molecular formula is C16H32N2O. The van der Waals surface area contributed by atoms with Crippen LogP contribution < -0.4 is 5.32 Å². The number of ether oxygens (including phenoxy) is 1. The predicted octanol–water partition coefficient (Wildman–Crippen LogP) is 2.65. The summed E-state index contributed by atoms with van der Waals surface area (Å²) in [6.07, 6.45) is 5.41. The Morgan fingerprint density at radius 2 is 2.05 bits per heavy atom. The molecule has 0 radical (unpaired) electrons. The lowest BCUT2D eigenvalue weighted by atomic mass is 9.86. The van der Waals surface area contributed by atoms with Crippen molar-refractivity contribution in [1.82, 2.24) is 10.2 Å². The van der Waals surface area contributed by atoms with Crippen molar-refractivity contribution in [2.45, 2.75) is 71.1 Å². The van der Waals surface area contributed by atoms with E-state index >= 15 is 0 Å². The van der Waals surface area contributed by atoms with Crippen LogP contribution in [-0.4, -0.2) is 48.8 Å². The van der Waals surface area contributed by atoms with Crippen molar-refractivity contribution in [2.24, 2.45) is 5.92 Å². The third kappa shape index (κ3) is 3.50. The molecule has 2 aliphatic heterocycles. The molecule has 2 unspecified atom stereocenters. The average molecular weight is 268 g/mol. The lowest BCUT2D eigenvalue weighted by Crippen LogP contribution is -2.65. The standard InChI is InChI=1S/C16H32N2O/c1-5-16(6-2)12-18(11-14-8-7-9-19-14)15(10-17-16)13(3)4/h13-15,17H,5-12H2,1-4H3. The van der Waals surface area contributed by atoms with E-state index in [9.17, 15) is 0 Å². The van der Waals surface area contributed by atoms with Gasteiger partial charge in [-0.1, -0.05) is 27.7 Å². The van der Waals surface area contributed by atoms with E-state index in [1.807, 2.05) is 0 Å². The first-order chi connectivity index (χ1) is 9.10. The molecule has 2 atom stereocenters. The van der Waals surface area contributed by atoms with Gasteiger partial charge in [-0.2, -0.15) is 0 Å². The molecular weight excluding hydrogens is 236 g/mol. The Morgan fingerprint density at radius 3 is 2.58 bits per heavy atom. The van der Waals surface area contributed by atoms with E-state index < -0.39 is 0 Å². The summed E-state index contributed by atoms with van der Waals surface area (Å²) in [5.41, 5.74) is 0.323. The molecule has 0 aromatic rings. The highest BCUT2D eigenvalue weighted by atomic mass is 16.5. The summed E-state index contributed by atoms with van der Waals surface area (Å²) in [6, 6.07) is 0.662. The van der Waals surface area contributed by atoms with Gasteiger partial charge in [-0.15, -0.1) is 0 Å². The topological polar surface area (TPSA) is 24.5 Å². The maximum Gasteiger partial charge on any atom is 0.0702 e. The monoisotopic (exact) mass is 268 g/mol. The van der Waals surface area contributed by atoms with Crippen LogP contribution in [0.3, 0.4) is 0 Å². The zero-order valence-electron chi connectivity index (χ0n) is 13.2. The Kier molecular flexibility index (Phi) is 5.27. The quantitative estimate of drug-likeness (QED) is 0.829. The second kappa shape index (κ2) is 6.55. The number of piperazine rings is 1. The normalized spacial score (nSPS) is 32.1. The summed E-state index contributed by atoms with van der Waals surface area (Å²) in [7, 11) is 0. The zero-order valence-corrected chi connectivity index (χ0v) is 13.2. The maximum absolute atomic E-state index is 5.86. The van der Waals surface area contributed by atoms with Crippen LogP contribution in [0.4, 0.5) is 0 Å². The van der Waals surface area contributed by atoms with Gasteiger partial charge in [-0.25, -0.2) is 0 Å². The van der Waals surface area contributed by atoms with Gasteiger partial charge >= 0.3 is 0 Å². The second-order valence-electron chi connectivity index (χ2n) is 6.74. The fraction of sp³-hybridized carbons (Fsp3) is 1.00. The van der Waals surface area contributed by atoms with Crippen LogP contribution in [0.2, 0.25) is 0 Å². The lowest BCUT2D eigenvalue weighted by molar-refractivity contribution is 0.00395. The summed E-state index contributed by atoms with van der Waals surface area (Å²) >= 11 is 0. The molecule has 0 aliphatic carbocycles. The molecule has 0 aromatic carbocycles. The number of hydrogen-bond donors (Lipinski definition) is 1. The van der Waals surface area contributed by atoms with E-state index in [1.54, 1.807) is 0 Å². The van der Waals surface area contributed by atoms with Crippen LogP contribution in [0, 0.1) is 5.92 Å². The predicted molar refractivity (Wildman–Crippen MR) is 80.5 cm³/mol. The molecule has 0 amide bonds. The minimum atomic E-state index is 0.323. The second-order valence-corrected chi connectivity index (χ2v) is 6.74. The van der Waals surface area contributed by atoms with Gasteiger partial charge < -0.3 is 10.1 Å². The van der Waals surface area contributed by atoms with E-state index in [-0.39, 0.29) is 0 Å². The van der Waals surface area contributed by atoms with Gasteiger partial charge in [0.05, 0.1) is 6.10 Å². The van der Waals surface area contributed by atoms with Gasteiger partial charge in [0.15, 0.2) is 0 Å². The molecule has 19 heavy (non-hydrogen) atoms. The van der Waals surface area contributed by atoms with Gasteiger partial charge in [0.1, 0.15) is 0 Å². The minimum Gasteiger partial charge on any atom is -0.377 e. The Morgan fingerprint density at radius 1 is 1.32 bits per heavy atom. The summed E-state index contributed by atoms with van der Waals surface area (Å²) in [5, 5.41) is 3.84. The molecule has 2 fully saturated rings. The van der Waals surface area contributed by atoms with E-state index in [0.29, 0.717) is 23.6 Å². The van der Waals surface area contributed by atoms with Crippen LogP contribution in [0.1, 0.15) is 53.4 Å². The van der Waals surface area contributed by atoms with Crippen LogP contribution in [-0.2, 0) is 4.74 Å². The summed E-state index contributed by atoms with van der Waals surface area (Å²) in [6.45, 7) is 13.7. The Bertz CT molecular complexity index is 270. The zero-order chi connectivity index (χ0) is 13.9. The number of hydrogen-bond acceptors (Lipinski definition) is 3. The maximum atomic E-state index is 5.86. The highest BCUT2D eigenvalue weighted by Gasteiger charge is 2.38. The highest BCUT2D eigenvalue weighted by Crippen LogP contribution is 2.27. The van der Waals surface area contributed by atoms with Crippen molar-refractivity contribution in [3.63, 3.8) is 0 Å². The molecule has 0 spiro atoms. The van der Waals surface area contributed by atoms with E-state index in [4.69, 9.17) is 4.74 Å². The van der Waals surface area contributed by atoms with Gasteiger partial charge in [0.25, 0.3) is 0 Å². The van der Waals surface area contributed by atoms with E-state index in [0.717, 1.165) is 19.7 Å². The van der Waals surface area contributed by atoms with Crippen LogP contribution in [0.5, 0.6) is 0 Å². The number of nitrogens with zero attached hydrogens (tertiary/aromatic N) is 1. The molecule has 2 rings (SSSR count). The first kappa shape index (κ1) is 15.3. The van der Waals surface area contributed by atoms with Crippen LogP contribution in [0.25, 0.3) is 0 Å². The highest BCUT2D eigenvalue weighted by molar-refractivity contribution is 4.98. The van der Waals surface area contributed by atoms with Crippen LogP contribution in [0.15, 0.2) is 0 Å². The van der Waals surface area contributed by atoms with Crippen molar-refractivity contribution in [2.75, 3.05) is 26.2 Å². The molecule has 2 saturated heterocycles. The van der Waals surface area contributed by atoms with Gasteiger partial charge in [0.2, 0.25) is 0 Å². The van der Waals surface area contributed by atoms with Crippen LogP contribution >= 0.6 is 0 Å². The van der Waals surface area contributed by atoms with Crippen molar-refractivity contribution in [3.8, 4) is 0 Å². The Labute approximate surface area is 119 Å². The van der Waals surface area contributed by atoms with Crippen molar-refractivity contribution in [1.29, 1.82) is 0 Å². The number of nitrogens with one attached hydrogen (secondary N) is 1. The average Bonchev–Trinajstić information content (AvgIpc) is 2.91. The van der Waals surface area contributed by atoms with Crippen molar-refractivity contribution in [3.05, 3.63) is 0 Å². The lowest BCUT2D eigenvalue weighted by Gasteiger charge is -2.49. The molecule has 2 aliphatic rings. The SMILES string of the molecule is CCC1(CC)CN(CC2CCCO2)C(C(C)C)CN1. The molecule has 0 bridgehead atoms. The Hall–Kier alpha value is -0.120. The molecule has 0 saturated carbocycles. The first-order valence-corrected chi connectivity index (χ1v) is 8.21. The molecule has 0 aromatic heterocycles. The summed E-state index contributed by atoms with van der Waals surface area (Å²) in [5.74, 6) is 0.709. The van der Waals surface area contributed by atoms with E-state index in [2.05, 4.69) is 37.9 Å². The molecule has 3 nitrogen and oxygen atoms in total. The third-order valence-electron chi connectivity index (χ3n) is 5.25. The van der Waals surface area contributed by atoms with Gasteiger partial charge in [-0.3, -0.25) is 4.90 Å². The van der Waals surface area contributed by atoms with Gasteiger partial charge in [0, 0.05) is 37.8 Å². The minimum absolute atomic E-state index is 0.323. The van der Waals surface area contributed by atoms with Crippen molar-refractivity contribution < 1.29 is 4.74 Å². The molecule has 112 valence electrons. The fourth-order valence-electron chi connectivity index (χ4n) is 3.64. The van der Waals surface area contributed by atoms with Crippen molar-refractivity contribution >= 4 is 0 Å². The third-order valence-corrected chi connectivity index (χ3v) is 5.25. The molecule has 3 heteroatoms. The summed E-state index contributed by atoms with van der Waals surface area (Å²) < 4.78 is 5.86. The summed E-state index contributed by atoms with van der Waals surface area (Å²) in [4.78, 5) is 2.71. The molecule has 2 heterocycles. The van der Waals surface area contributed by atoms with E-state index in [1.165, 1.54) is 32.2 Å². The largest absolute Gasteiger partial charge is 0.377 e. The molecule has 1 N–H and O–H groups in total. The number of rotatable bonds is 5.